The fraction of sp³-hybridized carbons (Fsp3) is 0.650. The highest BCUT2D eigenvalue weighted by atomic mass is 127. The molecule has 2 fully saturated rings. The number of esters is 1. The van der Waals surface area contributed by atoms with E-state index >= 15 is 0 Å². The van der Waals surface area contributed by atoms with Crippen LogP contribution in [-0.4, -0.2) is 17.2 Å². The van der Waals surface area contributed by atoms with Crippen LogP contribution in [0.4, 0.5) is 0 Å². The molecule has 1 aromatic rings. The Morgan fingerprint density at radius 1 is 1.29 bits per heavy atom. The molecule has 0 spiro atoms. The van der Waals surface area contributed by atoms with Crippen LogP contribution in [0.5, 0.6) is 0 Å². The van der Waals surface area contributed by atoms with Crippen LogP contribution in [0.1, 0.15) is 57.6 Å². The molecule has 0 aromatic heterocycles. The van der Waals surface area contributed by atoms with Gasteiger partial charge in [-0.2, -0.15) is 0 Å². The third kappa shape index (κ3) is 3.96. The van der Waals surface area contributed by atoms with Crippen molar-refractivity contribution in [3.8, 4) is 0 Å². The van der Waals surface area contributed by atoms with Crippen LogP contribution in [0.25, 0.3) is 0 Å². The van der Waals surface area contributed by atoms with Crippen molar-refractivity contribution in [2.24, 2.45) is 23.7 Å². The standard InChI is InChI=1S/C20H27IO3/c1-12(2)20(19(23)16-5-3-4-6-17(16)21)24-18(22)11-15-10-13-7-8-14(15)9-13/h3-6,12-15,19-20,23H,7-11H2,1-2H3/t13?,14?,15?,19-,20-/m0/s1. The van der Waals surface area contributed by atoms with Gasteiger partial charge in [0, 0.05) is 9.99 Å². The molecule has 4 heteroatoms. The number of aliphatic hydroxyl groups is 1. The highest BCUT2D eigenvalue weighted by Gasteiger charge is 2.41. The second-order valence-electron chi connectivity index (χ2n) is 7.80. The van der Waals surface area contributed by atoms with Gasteiger partial charge in [0.1, 0.15) is 12.2 Å². The molecular weight excluding hydrogens is 415 g/mol. The van der Waals surface area contributed by atoms with Gasteiger partial charge < -0.3 is 9.84 Å². The van der Waals surface area contributed by atoms with Gasteiger partial charge >= 0.3 is 5.97 Å². The van der Waals surface area contributed by atoms with Gasteiger partial charge in [0.25, 0.3) is 0 Å². The van der Waals surface area contributed by atoms with Gasteiger partial charge in [-0.3, -0.25) is 4.79 Å². The van der Waals surface area contributed by atoms with Gasteiger partial charge in [-0.15, -0.1) is 0 Å². The lowest BCUT2D eigenvalue weighted by molar-refractivity contribution is -0.160. The lowest BCUT2D eigenvalue weighted by Crippen LogP contribution is -2.32. The molecule has 0 radical (unpaired) electrons. The molecule has 2 bridgehead atoms. The lowest BCUT2D eigenvalue weighted by Gasteiger charge is -2.28. The Labute approximate surface area is 158 Å². The molecule has 0 amide bonds. The van der Waals surface area contributed by atoms with Crippen LogP contribution in [0.3, 0.4) is 0 Å². The molecule has 1 aromatic carbocycles. The van der Waals surface area contributed by atoms with Gasteiger partial charge in [0.2, 0.25) is 0 Å². The first-order chi connectivity index (χ1) is 11.5. The molecule has 5 atom stereocenters. The molecule has 2 saturated carbocycles. The van der Waals surface area contributed by atoms with E-state index in [1.54, 1.807) is 0 Å². The molecule has 3 unspecified atom stereocenters. The van der Waals surface area contributed by atoms with E-state index < -0.39 is 12.2 Å². The fourth-order valence-electron chi connectivity index (χ4n) is 4.50. The Bertz CT molecular complexity index is 586. The zero-order valence-electron chi connectivity index (χ0n) is 14.5. The number of aliphatic hydroxyl groups excluding tert-OH is 1. The largest absolute Gasteiger partial charge is 0.459 e. The summed E-state index contributed by atoms with van der Waals surface area (Å²) >= 11 is 2.22. The van der Waals surface area contributed by atoms with E-state index in [0.717, 1.165) is 21.0 Å². The van der Waals surface area contributed by atoms with Gasteiger partial charge in [0.05, 0.1) is 0 Å². The average molecular weight is 442 g/mol. The number of halogens is 1. The summed E-state index contributed by atoms with van der Waals surface area (Å²) in [6.45, 7) is 3.99. The summed E-state index contributed by atoms with van der Waals surface area (Å²) in [7, 11) is 0. The number of rotatable bonds is 6. The van der Waals surface area contributed by atoms with Crippen LogP contribution in [0, 0.1) is 27.2 Å². The molecule has 2 aliphatic carbocycles. The maximum Gasteiger partial charge on any atom is 0.306 e. The Balaban J connectivity index is 1.63. The summed E-state index contributed by atoms with van der Waals surface area (Å²) in [5, 5.41) is 10.8. The summed E-state index contributed by atoms with van der Waals surface area (Å²) in [6.07, 6.45) is 4.36. The van der Waals surface area contributed by atoms with Crippen LogP contribution in [-0.2, 0) is 9.53 Å². The predicted molar refractivity (Wildman–Crippen MR) is 102 cm³/mol. The quantitative estimate of drug-likeness (QED) is 0.513. The number of carbonyl (C=O) groups is 1. The van der Waals surface area contributed by atoms with Crippen molar-refractivity contribution in [1.29, 1.82) is 0 Å². The van der Waals surface area contributed by atoms with E-state index in [9.17, 15) is 9.90 Å². The number of benzene rings is 1. The molecule has 0 heterocycles. The number of carbonyl (C=O) groups excluding carboxylic acids is 1. The molecule has 3 nitrogen and oxygen atoms in total. The third-order valence-electron chi connectivity index (χ3n) is 5.77. The van der Waals surface area contributed by atoms with Crippen molar-refractivity contribution < 1.29 is 14.6 Å². The average Bonchev–Trinajstić information content (AvgIpc) is 3.15. The van der Waals surface area contributed by atoms with Gasteiger partial charge in [0.15, 0.2) is 0 Å². The second-order valence-corrected chi connectivity index (χ2v) is 8.97. The summed E-state index contributed by atoms with van der Waals surface area (Å²) in [5.41, 5.74) is 0.838. The summed E-state index contributed by atoms with van der Waals surface area (Å²) < 4.78 is 6.76. The maximum atomic E-state index is 12.5. The zero-order chi connectivity index (χ0) is 17.3. The number of ether oxygens (including phenoxy) is 1. The molecule has 1 N–H and O–H groups in total. The van der Waals surface area contributed by atoms with Crippen molar-refractivity contribution in [3.63, 3.8) is 0 Å². The fourth-order valence-corrected chi connectivity index (χ4v) is 5.20. The normalized spacial score (nSPS) is 28.1. The lowest BCUT2D eigenvalue weighted by atomic mass is 9.86. The van der Waals surface area contributed by atoms with Crippen molar-refractivity contribution in [2.75, 3.05) is 0 Å². The molecule has 2 aliphatic rings. The molecule has 0 saturated heterocycles. The Morgan fingerprint density at radius 2 is 2.04 bits per heavy atom. The van der Waals surface area contributed by atoms with Crippen LogP contribution in [0.2, 0.25) is 0 Å². The maximum absolute atomic E-state index is 12.5. The Hall–Kier alpha value is -0.620. The zero-order valence-corrected chi connectivity index (χ0v) is 16.6. The van der Waals surface area contributed by atoms with Crippen molar-refractivity contribution in [2.45, 2.75) is 58.2 Å². The van der Waals surface area contributed by atoms with Crippen molar-refractivity contribution in [3.05, 3.63) is 33.4 Å². The summed E-state index contributed by atoms with van der Waals surface area (Å²) in [5.74, 6) is 1.99. The molecular formula is C20H27IO3. The number of hydrogen-bond acceptors (Lipinski definition) is 3. The minimum Gasteiger partial charge on any atom is -0.459 e. The smallest absolute Gasteiger partial charge is 0.306 e. The second kappa shape index (κ2) is 7.73. The monoisotopic (exact) mass is 442 g/mol. The molecule has 0 aliphatic heterocycles. The summed E-state index contributed by atoms with van der Waals surface area (Å²) in [6, 6.07) is 7.73. The number of fused-ring (bicyclic) bond motifs is 2. The highest BCUT2D eigenvalue weighted by molar-refractivity contribution is 14.1. The van der Waals surface area contributed by atoms with E-state index in [4.69, 9.17) is 4.74 Å². The Kier molecular flexibility index (Phi) is 5.85. The van der Waals surface area contributed by atoms with Crippen LogP contribution in [0.15, 0.2) is 24.3 Å². The van der Waals surface area contributed by atoms with E-state index in [1.165, 1.54) is 25.7 Å². The van der Waals surface area contributed by atoms with E-state index in [1.807, 2.05) is 38.1 Å². The number of hydrogen-bond donors (Lipinski definition) is 1. The molecule has 3 rings (SSSR count). The first-order valence-corrected chi connectivity index (χ1v) is 10.2. The Morgan fingerprint density at radius 3 is 2.62 bits per heavy atom. The van der Waals surface area contributed by atoms with E-state index in [-0.39, 0.29) is 11.9 Å². The topological polar surface area (TPSA) is 46.5 Å². The molecule has 132 valence electrons. The SMILES string of the molecule is CC(C)[C@H](OC(=O)CC1CC2CCC1C2)[C@@H](O)c1ccccc1I. The van der Waals surface area contributed by atoms with Crippen LogP contribution >= 0.6 is 22.6 Å². The van der Waals surface area contributed by atoms with E-state index in [0.29, 0.717) is 12.3 Å². The van der Waals surface area contributed by atoms with Crippen molar-refractivity contribution >= 4 is 28.6 Å². The van der Waals surface area contributed by atoms with Crippen LogP contribution < -0.4 is 0 Å². The third-order valence-corrected chi connectivity index (χ3v) is 6.76. The summed E-state index contributed by atoms with van der Waals surface area (Å²) in [4.78, 5) is 12.5. The highest BCUT2D eigenvalue weighted by Crippen LogP contribution is 2.49. The predicted octanol–water partition coefficient (Wildman–Crippen LogP) is 4.72. The van der Waals surface area contributed by atoms with E-state index in [2.05, 4.69) is 22.6 Å². The van der Waals surface area contributed by atoms with Crippen molar-refractivity contribution in [1.82, 2.24) is 0 Å². The van der Waals surface area contributed by atoms with Gasteiger partial charge in [-0.05, 0) is 77.2 Å². The van der Waals surface area contributed by atoms with Gasteiger partial charge in [-0.1, -0.05) is 38.5 Å². The first-order valence-electron chi connectivity index (χ1n) is 9.07. The van der Waals surface area contributed by atoms with Gasteiger partial charge in [-0.25, -0.2) is 0 Å². The minimum atomic E-state index is -0.776. The minimum absolute atomic E-state index is 0.0694. The first kappa shape index (κ1) is 18.2. The molecule has 24 heavy (non-hydrogen) atoms.